The molecular weight excluding hydrogens is 378 g/mol. The maximum absolute atomic E-state index is 12.4. The number of ether oxygens (including phenoxy) is 2. The van der Waals surface area contributed by atoms with Gasteiger partial charge in [-0.3, -0.25) is 9.69 Å². The second-order valence-corrected chi connectivity index (χ2v) is 7.59. The zero-order chi connectivity index (χ0) is 21.3. The van der Waals surface area contributed by atoms with E-state index in [1.807, 2.05) is 42.5 Å². The Morgan fingerprint density at radius 2 is 1.90 bits per heavy atom. The van der Waals surface area contributed by atoms with Crippen LogP contribution < -0.4 is 14.8 Å². The van der Waals surface area contributed by atoms with Crippen molar-refractivity contribution in [2.45, 2.75) is 13.0 Å². The van der Waals surface area contributed by atoms with Gasteiger partial charge in [-0.1, -0.05) is 24.3 Å². The number of amides is 1. The highest BCUT2D eigenvalue weighted by atomic mass is 16.5. The summed E-state index contributed by atoms with van der Waals surface area (Å²) in [6.07, 6.45) is 2.59. The molecule has 0 bridgehead atoms. The summed E-state index contributed by atoms with van der Waals surface area (Å²) in [5.74, 6) is 0.949. The first-order valence-electron chi connectivity index (χ1n) is 10.3. The van der Waals surface area contributed by atoms with Gasteiger partial charge in [0, 0.05) is 38.4 Å². The van der Waals surface area contributed by atoms with E-state index in [1.54, 1.807) is 7.11 Å². The minimum Gasteiger partial charge on any atom is -0.493 e. The lowest BCUT2D eigenvalue weighted by Gasteiger charge is -2.32. The van der Waals surface area contributed by atoms with E-state index < -0.39 is 0 Å². The molecule has 0 saturated carbocycles. The molecule has 0 aromatic heterocycles. The molecule has 1 fully saturated rings. The Balaban J connectivity index is 1.53. The van der Waals surface area contributed by atoms with Gasteiger partial charge in [-0.2, -0.15) is 0 Å². The molecule has 1 saturated heterocycles. The zero-order valence-corrected chi connectivity index (χ0v) is 17.9. The van der Waals surface area contributed by atoms with Crippen LogP contribution in [0.15, 0.2) is 55.1 Å². The normalized spacial score (nSPS) is 14.9. The van der Waals surface area contributed by atoms with Gasteiger partial charge in [-0.15, -0.1) is 6.58 Å². The average molecular weight is 410 g/mol. The quantitative estimate of drug-likeness (QED) is 0.645. The van der Waals surface area contributed by atoms with Crippen molar-refractivity contribution < 1.29 is 14.3 Å². The van der Waals surface area contributed by atoms with Crippen molar-refractivity contribution in [3.63, 3.8) is 0 Å². The van der Waals surface area contributed by atoms with E-state index in [2.05, 4.69) is 34.8 Å². The summed E-state index contributed by atoms with van der Waals surface area (Å²) in [6, 6.07) is 13.7. The number of nitrogens with zero attached hydrogens (tertiary/aromatic N) is 2. The molecule has 6 nitrogen and oxygen atoms in total. The standard InChI is InChI=1S/C24H31N3O3/c1-4-6-19-9-10-22(23(16-19)29-3)30-18-24(28)25-21-8-5-7-20(15-21)17-27-13-11-26(2)12-14-27/h4-5,7-10,15-16H,1,6,11-14,17-18H2,2-3H3,(H,25,28). The summed E-state index contributed by atoms with van der Waals surface area (Å²) in [5.41, 5.74) is 3.05. The lowest BCUT2D eigenvalue weighted by Crippen LogP contribution is -2.43. The van der Waals surface area contributed by atoms with Gasteiger partial charge in [-0.25, -0.2) is 0 Å². The van der Waals surface area contributed by atoms with Crippen LogP contribution in [0.5, 0.6) is 11.5 Å². The fraction of sp³-hybridized carbons (Fsp3) is 0.375. The fourth-order valence-electron chi connectivity index (χ4n) is 3.48. The van der Waals surface area contributed by atoms with Gasteiger partial charge >= 0.3 is 0 Å². The lowest BCUT2D eigenvalue weighted by atomic mass is 10.1. The topological polar surface area (TPSA) is 54.0 Å². The smallest absolute Gasteiger partial charge is 0.262 e. The average Bonchev–Trinajstić information content (AvgIpc) is 2.75. The molecule has 0 spiro atoms. The van der Waals surface area contributed by atoms with Crippen LogP contribution in [0.1, 0.15) is 11.1 Å². The van der Waals surface area contributed by atoms with Crippen LogP contribution in [0.3, 0.4) is 0 Å². The molecule has 160 valence electrons. The molecule has 0 aliphatic carbocycles. The molecule has 2 aromatic rings. The summed E-state index contributed by atoms with van der Waals surface area (Å²) in [5, 5.41) is 2.92. The summed E-state index contributed by atoms with van der Waals surface area (Å²) in [6.45, 7) is 8.86. The SMILES string of the molecule is C=CCc1ccc(OCC(=O)Nc2cccc(CN3CCN(C)CC3)c2)c(OC)c1. The number of carbonyl (C=O) groups is 1. The number of hydrogen-bond donors (Lipinski definition) is 1. The van der Waals surface area contributed by atoms with Crippen LogP contribution in [-0.4, -0.2) is 62.7 Å². The summed E-state index contributed by atoms with van der Waals surface area (Å²) in [4.78, 5) is 17.2. The number of benzene rings is 2. The van der Waals surface area contributed by atoms with E-state index in [1.165, 1.54) is 5.56 Å². The van der Waals surface area contributed by atoms with Gasteiger partial charge in [0.15, 0.2) is 18.1 Å². The molecular formula is C24H31N3O3. The Labute approximate surface area is 179 Å². The Morgan fingerprint density at radius 1 is 1.10 bits per heavy atom. The molecule has 1 amide bonds. The van der Waals surface area contributed by atoms with Gasteiger partial charge in [-0.05, 0) is 48.9 Å². The van der Waals surface area contributed by atoms with E-state index in [-0.39, 0.29) is 12.5 Å². The third kappa shape index (κ3) is 6.34. The highest BCUT2D eigenvalue weighted by Gasteiger charge is 2.14. The number of rotatable bonds is 9. The molecule has 1 aliphatic heterocycles. The van der Waals surface area contributed by atoms with Crippen molar-refractivity contribution in [3.05, 3.63) is 66.2 Å². The number of carbonyl (C=O) groups excluding carboxylic acids is 1. The van der Waals surface area contributed by atoms with Crippen molar-refractivity contribution >= 4 is 11.6 Å². The molecule has 0 atom stereocenters. The Bertz CT molecular complexity index is 861. The third-order valence-corrected chi connectivity index (χ3v) is 5.18. The monoisotopic (exact) mass is 409 g/mol. The molecule has 30 heavy (non-hydrogen) atoms. The van der Waals surface area contributed by atoms with Crippen molar-refractivity contribution in [1.29, 1.82) is 0 Å². The number of likely N-dealkylation sites (N-methyl/N-ethyl adjacent to an activating group) is 1. The number of anilines is 1. The number of methoxy groups -OCH3 is 1. The van der Waals surface area contributed by atoms with E-state index >= 15 is 0 Å². The molecule has 1 heterocycles. The van der Waals surface area contributed by atoms with Crippen LogP contribution in [0.25, 0.3) is 0 Å². The highest BCUT2D eigenvalue weighted by Crippen LogP contribution is 2.28. The number of piperazine rings is 1. The summed E-state index contributed by atoms with van der Waals surface area (Å²) >= 11 is 0. The Kier molecular flexibility index (Phi) is 7.88. The minimum absolute atomic E-state index is 0.0835. The summed E-state index contributed by atoms with van der Waals surface area (Å²) < 4.78 is 11.1. The van der Waals surface area contributed by atoms with Gasteiger partial charge in [0.1, 0.15) is 0 Å². The largest absolute Gasteiger partial charge is 0.493 e. The molecule has 0 radical (unpaired) electrons. The van der Waals surface area contributed by atoms with Crippen molar-refractivity contribution in [2.75, 3.05) is 52.3 Å². The van der Waals surface area contributed by atoms with Gasteiger partial charge in [0.05, 0.1) is 7.11 Å². The predicted octanol–water partition coefficient (Wildman–Crippen LogP) is 3.19. The first kappa shape index (κ1) is 21.9. The van der Waals surface area contributed by atoms with E-state index in [0.717, 1.165) is 50.4 Å². The second-order valence-electron chi connectivity index (χ2n) is 7.59. The van der Waals surface area contributed by atoms with Crippen LogP contribution in [0.4, 0.5) is 5.69 Å². The molecule has 1 aliphatic rings. The van der Waals surface area contributed by atoms with Gasteiger partial charge in [0.2, 0.25) is 0 Å². The number of hydrogen-bond acceptors (Lipinski definition) is 5. The van der Waals surface area contributed by atoms with Gasteiger partial charge in [0.25, 0.3) is 5.91 Å². The van der Waals surface area contributed by atoms with Crippen molar-refractivity contribution in [2.24, 2.45) is 0 Å². The van der Waals surface area contributed by atoms with Gasteiger partial charge < -0.3 is 19.7 Å². The fourth-order valence-corrected chi connectivity index (χ4v) is 3.48. The van der Waals surface area contributed by atoms with Crippen LogP contribution in [-0.2, 0) is 17.8 Å². The summed E-state index contributed by atoms with van der Waals surface area (Å²) in [7, 11) is 3.74. The Hall–Kier alpha value is -2.83. The highest BCUT2D eigenvalue weighted by molar-refractivity contribution is 5.92. The van der Waals surface area contributed by atoms with E-state index in [9.17, 15) is 4.79 Å². The molecule has 2 aromatic carbocycles. The van der Waals surface area contributed by atoms with Crippen molar-refractivity contribution in [1.82, 2.24) is 9.80 Å². The van der Waals surface area contributed by atoms with Crippen molar-refractivity contribution in [3.8, 4) is 11.5 Å². The Morgan fingerprint density at radius 3 is 2.63 bits per heavy atom. The first-order valence-corrected chi connectivity index (χ1v) is 10.3. The van der Waals surface area contributed by atoms with E-state index in [4.69, 9.17) is 9.47 Å². The molecule has 3 rings (SSSR count). The maximum Gasteiger partial charge on any atom is 0.262 e. The van der Waals surface area contributed by atoms with Crippen LogP contribution >= 0.6 is 0 Å². The van der Waals surface area contributed by atoms with Crippen LogP contribution in [0, 0.1) is 0 Å². The maximum atomic E-state index is 12.4. The molecule has 0 unspecified atom stereocenters. The first-order chi connectivity index (χ1) is 14.6. The second kappa shape index (κ2) is 10.8. The minimum atomic E-state index is -0.205. The molecule has 6 heteroatoms. The number of allylic oxidation sites excluding steroid dienone is 1. The third-order valence-electron chi connectivity index (χ3n) is 5.18. The zero-order valence-electron chi connectivity index (χ0n) is 17.9. The molecule has 1 N–H and O–H groups in total. The van der Waals surface area contributed by atoms with Crippen LogP contribution in [0.2, 0.25) is 0 Å². The predicted molar refractivity (Wildman–Crippen MR) is 120 cm³/mol. The number of nitrogens with one attached hydrogen (secondary N) is 1. The lowest BCUT2D eigenvalue weighted by molar-refractivity contribution is -0.118. The van der Waals surface area contributed by atoms with E-state index in [0.29, 0.717) is 11.5 Å².